The zero-order valence-electron chi connectivity index (χ0n) is 13.1. The van der Waals surface area contributed by atoms with Gasteiger partial charge in [-0.1, -0.05) is 20.8 Å². The Bertz CT molecular complexity index is 337. The zero-order chi connectivity index (χ0) is 14.8. The van der Waals surface area contributed by atoms with E-state index in [1.807, 2.05) is 0 Å². The number of carbonyl (C=O) groups excluding carboxylic acids is 1. The van der Waals surface area contributed by atoms with Gasteiger partial charge in [0, 0.05) is 38.2 Å². The Balaban J connectivity index is 1.93. The van der Waals surface area contributed by atoms with Gasteiger partial charge in [-0.3, -0.25) is 4.79 Å². The number of Topliss-reactive ketones (excluding diaryl/α,β-unsaturated/α-hetero) is 1. The molecule has 2 fully saturated rings. The standard InChI is InChI=1S/C16H29NO3/c1-15(2,3)14(17)10-13(18)12-4-7-20-16(11-12)5-8-19-9-6-16/h12,14H,4-11,17H2,1-3H3. The molecule has 2 unspecified atom stereocenters. The first kappa shape index (κ1) is 15.9. The lowest BCUT2D eigenvalue weighted by Crippen LogP contribution is -2.47. The third kappa shape index (κ3) is 3.80. The highest BCUT2D eigenvalue weighted by Gasteiger charge is 2.41. The van der Waals surface area contributed by atoms with E-state index in [4.69, 9.17) is 15.2 Å². The summed E-state index contributed by atoms with van der Waals surface area (Å²) in [6, 6.07) is -0.0662. The third-order valence-electron chi connectivity index (χ3n) is 4.89. The van der Waals surface area contributed by atoms with Crippen molar-refractivity contribution in [2.45, 2.75) is 64.5 Å². The summed E-state index contributed by atoms with van der Waals surface area (Å²) in [6.07, 6.45) is 4.02. The van der Waals surface area contributed by atoms with Crippen molar-refractivity contribution in [1.82, 2.24) is 0 Å². The van der Waals surface area contributed by atoms with Crippen LogP contribution in [0, 0.1) is 11.3 Å². The van der Waals surface area contributed by atoms with E-state index in [1.54, 1.807) is 0 Å². The third-order valence-corrected chi connectivity index (χ3v) is 4.89. The molecule has 0 aromatic carbocycles. The molecule has 1 spiro atoms. The normalized spacial score (nSPS) is 28.3. The lowest BCUT2D eigenvalue weighted by molar-refractivity contribution is -0.157. The summed E-state index contributed by atoms with van der Waals surface area (Å²) in [5, 5.41) is 0. The van der Waals surface area contributed by atoms with Crippen LogP contribution in [-0.2, 0) is 14.3 Å². The van der Waals surface area contributed by atoms with Crippen LogP contribution in [0.4, 0.5) is 0 Å². The number of hydrogen-bond acceptors (Lipinski definition) is 4. The quantitative estimate of drug-likeness (QED) is 0.863. The molecule has 2 aliphatic rings. The van der Waals surface area contributed by atoms with Crippen LogP contribution in [0.1, 0.15) is 52.9 Å². The van der Waals surface area contributed by atoms with E-state index < -0.39 is 0 Å². The van der Waals surface area contributed by atoms with Crippen molar-refractivity contribution in [2.24, 2.45) is 17.1 Å². The first-order valence-corrected chi connectivity index (χ1v) is 7.82. The second kappa shape index (κ2) is 6.12. The summed E-state index contributed by atoms with van der Waals surface area (Å²) >= 11 is 0. The number of ketones is 1. The van der Waals surface area contributed by atoms with Crippen LogP contribution in [0.5, 0.6) is 0 Å². The minimum absolute atomic E-state index is 0.0167. The van der Waals surface area contributed by atoms with Gasteiger partial charge in [-0.05, 0) is 31.1 Å². The SMILES string of the molecule is CC(C)(C)C(N)CC(=O)C1CCOC2(CCOCC2)C1. The monoisotopic (exact) mass is 283 g/mol. The predicted octanol–water partition coefficient (Wildman–Crippen LogP) is 2.29. The van der Waals surface area contributed by atoms with Crippen molar-refractivity contribution in [1.29, 1.82) is 0 Å². The van der Waals surface area contributed by atoms with Crippen LogP contribution in [0.15, 0.2) is 0 Å². The molecule has 2 heterocycles. The van der Waals surface area contributed by atoms with Gasteiger partial charge in [-0.25, -0.2) is 0 Å². The molecule has 20 heavy (non-hydrogen) atoms. The summed E-state index contributed by atoms with van der Waals surface area (Å²) < 4.78 is 11.4. The maximum Gasteiger partial charge on any atom is 0.137 e. The van der Waals surface area contributed by atoms with Gasteiger partial charge in [-0.2, -0.15) is 0 Å². The number of nitrogens with two attached hydrogens (primary N) is 1. The largest absolute Gasteiger partial charge is 0.381 e. The van der Waals surface area contributed by atoms with Crippen molar-refractivity contribution in [3.05, 3.63) is 0 Å². The number of ether oxygens (including phenoxy) is 2. The smallest absolute Gasteiger partial charge is 0.137 e. The Hall–Kier alpha value is -0.450. The zero-order valence-corrected chi connectivity index (χ0v) is 13.1. The van der Waals surface area contributed by atoms with Gasteiger partial charge in [0.2, 0.25) is 0 Å². The maximum atomic E-state index is 12.5. The molecular weight excluding hydrogens is 254 g/mol. The Morgan fingerprint density at radius 2 is 1.95 bits per heavy atom. The molecule has 2 rings (SSSR count). The van der Waals surface area contributed by atoms with Crippen LogP contribution < -0.4 is 5.73 Å². The van der Waals surface area contributed by atoms with Gasteiger partial charge in [-0.15, -0.1) is 0 Å². The Labute approximate surface area is 122 Å². The summed E-state index contributed by atoms with van der Waals surface area (Å²) in [4.78, 5) is 12.5. The van der Waals surface area contributed by atoms with Crippen LogP contribution in [0.25, 0.3) is 0 Å². The lowest BCUT2D eigenvalue weighted by Gasteiger charge is -2.43. The van der Waals surface area contributed by atoms with Crippen molar-refractivity contribution in [3.8, 4) is 0 Å². The molecule has 0 aromatic rings. The van der Waals surface area contributed by atoms with E-state index in [2.05, 4.69) is 20.8 Å². The molecule has 4 heteroatoms. The maximum absolute atomic E-state index is 12.5. The van der Waals surface area contributed by atoms with Gasteiger partial charge >= 0.3 is 0 Å². The lowest BCUT2D eigenvalue weighted by atomic mass is 9.76. The van der Waals surface area contributed by atoms with E-state index in [0.29, 0.717) is 18.8 Å². The van der Waals surface area contributed by atoms with Crippen molar-refractivity contribution < 1.29 is 14.3 Å². The number of rotatable bonds is 3. The van der Waals surface area contributed by atoms with Gasteiger partial charge in [0.15, 0.2) is 0 Å². The second-order valence-corrected chi connectivity index (χ2v) is 7.48. The van der Waals surface area contributed by atoms with E-state index in [-0.39, 0.29) is 23.0 Å². The molecule has 0 aliphatic carbocycles. The Kier molecular flexibility index (Phi) is 4.88. The van der Waals surface area contributed by atoms with Crippen LogP contribution in [-0.4, -0.2) is 37.2 Å². The second-order valence-electron chi connectivity index (χ2n) is 7.48. The van der Waals surface area contributed by atoms with E-state index >= 15 is 0 Å². The fourth-order valence-electron chi connectivity index (χ4n) is 3.08. The molecule has 2 atom stereocenters. The average molecular weight is 283 g/mol. The predicted molar refractivity (Wildman–Crippen MR) is 78.5 cm³/mol. The molecule has 116 valence electrons. The molecule has 0 amide bonds. The minimum Gasteiger partial charge on any atom is -0.381 e. The number of carbonyl (C=O) groups is 1. The fraction of sp³-hybridized carbons (Fsp3) is 0.938. The van der Waals surface area contributed by atoms with E-state index in [9.17, 15) is 4.79 Å². The first-order chi connectivity index (χ1) is 9.32. The van der Waals surface area contributed by atoms with Crippen LogP contribution >= 0.6 is 0 Å². The van der Waals surface area contributed by atoms with Crippen LogP contribution in [0.2, 0.25) is 0 Å². The molecule has 2 N–H and O–H groups in total. The first-order valence-electron chi connectivity index (χ1n) is 7.82. The summed E-state index contributed by atoms with van der Waals surface area (Å²) in [6.45, 7) is 8.48. The molecule has 0 saturated carbocycles. The number of hydrogen-bond donors (Lipinski definition) is 1. The molecule has 4 nitrogen and oxygen atoms in total. The molecule has 0 radical (unpaired) electrons. The summed E-state index contributed by atoms with van der Waals surface area (Å²) in [5.41, 5.74) is 6.03. The van der Waals surface area contributed by atoms with E-state index in [1.165, 1.54) is 0 Å². The van der Waals surface area contributed by atoms with Crippen molar-refractivity contribution >= 4 is 5.78 Å². The van der Waals surface area contributed by atoms with Crippen LogP contribution in [0.3, 0.4) is 0 Å². The Morgan fingerprint density at radius 3 is 2.55 bits per heavy atom. The van der Waals surface area contributed by atoms with Gasteiger partial charge < -0.3 is 15.2 Å². The average Bonchev–Trinajstić information content (AvgIpc) is 2.38. The minimum atomic E-state index is -0.108. The highest BCUT2D eigenvalue weighted by atomic mass is 16.5. The fourth-order valence-corrected chi connectivity index (χ4v) is 3.08. The molecule has 0 bridgehead atoms. The summed E-state index contributed by atoms with van der Waals surface area (Å²) in [7, 11) is 0. The molecular formula is C16H29NO3. The van der Waals surface area contributed by atoms with Gasteiger partial charge in [0.25, 0.3) is 0 Å². The van der Waals surface area contributed by atoms with Crippen molar-refractivity contribution in [2.75, 3.05) is 19.8 Å². The Morgan fingerprint density at radius 1 is 1.30 bits per heavy atom. The molecule has 2 saturated heterocycles. The van der Waals surface area contributed by atoms with E-state index in [0.717, 1.165) is 38.9 Å². The van der Waals surface area contributed by atoms with Crippen molar-refractivity contribution in [3.63, 3.8) is 0 Å². The molecule has 2 aliphatic heterocycles. The summed E-state index contributed by atoms with van der Waals surface area (Å²) in [5.74, 6) is 0.442. The van der Waals surface area contributed by atoms with Gasteiger partial charge in [0.1, 0.15) is 5.78 Å². The van der Waals surface area contributed by atoms with Gasteiger partial charge in [0.05, 0.1) is 5.60 Å². The highest BCUT2D eigenvalue weighted by Crippen LogP contribution is 2.38. The topological polar surface area (TPSA) is 61.6 Å². The highest BCUT2D eigenvalue weighted by molar-refractivity contribution is 5.81. The molecule has 0 aromatic heterocycles.